The van der Waals surface area contributed by atoms with E-state index in [1.54, 1.807) is 76.4 Å². The molecule has 2 aromatic carbocycles. The maximum atomic E-state index is 12.4. The van der Waals surface area contributed by atoms with Crippen molar-refractivity contribution in [1.29, 1.82) is 0 Å². The monoisotopic (exact) mass is 431 g/mol. The van der Waals surface area contributed by atoms with Crippen LogP contribution < -0.4 is 10.1 Å². The van der Waals surface area contributed by atoms with E-state index in [1.807, 2.05) is 0 Å². The van der Waals surface area contributed by atoms with Crippen molar-refractivity contribution in [2.75, 3.05) is 24.8 Å². The van der Waals surface area contributed by atoms with E-state index in [0.29, 0.717) is 16.3 Å². The number of esters is 2. The number of nitrogens with one attached hydrogen (secondary N) is 1. The van der Waals surface area contributed by atoms with Crippen molar-refractivity contribution in [3.8, 4) is 5.75 Å². The third-order valence-corrected chi connectivity index (χ3v) is 4.63. The molecular weight excluding hydrogens is 406 g/mol. The van der Waals surface area contributed by atoms with Crippen molar-refractivity contribution >= 4 is 35.3 Å². The molecule has 0 spiro atoms. The molecule has 1 N–H and O–H groups in total. The number of benzene rings is 2. The van der Waals surface area contributed by atoms with Crippen LogP contribution >= 0.6 is 11.8 Å². The third kappa shape index (κ3) is 7.79. The Kier molecular flexibility index (Phi) is 8.29. The predicted molar refractivity (Wildman–Crippen MR) is 115 cm³/mol. The van der Waals surface area contributed by atoms with Gasteiger partial charge in [0.05, 0.1) is 18.4 Å². The molecular formula is C22H25NO6S. The Morgan fingerprint density at radius 2 is 1.77 bits per heavy atom. The lowest BCUT2D eigenvalue weighted by Gasteiger charge is -2.19. The summed E-state index contributed by atoms with van der Waals surface area (Å²) in [4.78, 5) is 37.0. The molecule has 2 rings (SSSR count). The highest BCUT2D eigenvalue weighted by atomic mass is 32.2. The summed E-state index contributed by atoms with van der Waals surface area (Å²) in [7, 11) is 1.55. The van der Waals surface area contributed by atoms with Gasteiger partial charge >= 0.3 is 11.9 Å². The molecule has 7 nitrogen and oxygen atoms in total. The second-order valence-corrected chi connectivity index (χ2v) is 8.24. The van der Waals surface area contributed by atoms with Gasteiger partial charge in [0.25, 0.3) is 0 Å². The van der Waals surface area contributed by atoms with E-state index in [4.69, 9.17) is 14.2 Å². The zero-order valence-corrected chi connectivity index (χ0v) is 18.2. The van der Waals surface area contributed by atoms with Crippen molar-refractivity contribution < 1.29 is 28.6 Å². The molecule has 0 radical (unpaired) electrons. The van der Waals surface area contributed by atoms with E-state index in [0.717, 1.165) is 0 Å². The quantitative estimate of drug-likeness (QED) is 0.500. The Balaban J connectivity index is 1.93. The minimum atomic E-state index is -0.659. The molecule has 0 bridgehead atoms. The Labute approximate surface area is 180 Å². The minimum absolute atomic E-state index is 0.0908. The molecule has 8 heteroatoms. The van der Waals surface area contributed by atoms with Crippen LogP contribution in [0.15, 0.2) is 53.4 Å². The summed E-state index contributed by atoms with van der Waals surface area (Å²) in [6.45, 7) is 4.71. The summed E-state index contributed by atoms with van der Waals surface area (Å²) in [6.07, 6.45) is 0. The first-order valence-electron chi connectivity index (χ1n) is 9.22. The van der Waals surface area contributed by atoms with Gasteiger partial charge in [-0.3, -0.25) is 4.79 Å². The van der Waals surface area contributed by atoms with Gasteiger partial charge in [-0.05, 0) is 45.0 Å². The lowest BCUT2D eigenvalue weighted by molar-refractivity contribution is -0.158. The molecule has 0 saturated carbocycles. The van der Waals surface area contributed by atoms with E-state index in [1.165, 1.54) is 11.8 Å². The number of thioether (sulfide) groups is 1. The molecule has 0 aliphatic carbocycles. The van der Waals surface area contributed by atoms with Gasteiger partial charge in [-0.25, -0.2) is 9.59 Å². The van der Waals surface area contributed by atoms with Gasteiger partial charge in [0.2, 0.25) is 5.91 Å². The van der Waals surface area contributed by atoms with Crippen LogP contribution in [-0.2, 0) is 19.1 Å². The minimum Gasteiger partial charge on any atom is -0.497 e. The summed E-state index contributed by atoms with van der Waals surface area (Å²) < 4.78 is 15.3. The zero-order valence-electron chi connectivity index (χ0n) is 17.4. The predicted octanol–water partition coefficient (Wildman–Crippen LogP) is 3.92. The summed E-state index contributed by atoms with van der Waals surface area (Å²) >= 11 is 1.20. The maximum absolute atomic E-state index is 12.4. The molecule has 0 aromatic heterocycles. The Morgan fingerprint density at radius 1 is 1.03 bits per heavy atom. The zero-order chi connectivity index (χ0) is 22.1. The number of rotatable bonds is 8. The van der Waals surface area contributed by atoms with E-state index in [2.05, 4.69) is 5.32 Å². The lowest BCUT2D eigenvalue weighted by atomic mass is 10.2. The van der Waals surface area contributed by atoms with Crippen molar-refractivity contribution in [3.63, 3.8) is 0 Å². The normalized spacial score (nSPS) is 10.8. The van der Waals surface area contributed by atoms with Crippen LogP contribution in [0.2, 0.25) is 0 Å². The average molecular weight is 432 g/mol. The highest BCUT2D eigenvalue weighted by Crippen LogP contribution is 2.24. The van der Waals surface area contributed by atoms with Gasteiger partial charge < -0.3 is 19.5 Å². The van der Waals surface area contributed by atoms with E-state index in [9.17, 15) is 14.4 Å². The second-order valence-electron chi connectivity index (χ2n) is 7.23. The Morgan fingerprint density at radius 3 is 2.47 bits per heavy atom. The Bertz CT molecular complexity index is 906. The summed E-state index contributed by atoms with van der Waals surface area (Å²) in [5.41, 5.74) is 0.234. The number of carbonyl (C=O) groups excluding carboxylic acids is 3. The SMILES string of the molecule is COc1cccc(NC(=O)CSc2ccccc2C(=O)OCC(=O)OC(C)(C)C)c1. The second kappa shape index (κ2) is 10.7. The smallest absolute Gasteiger partial charge is 0.344 e. The van der Waals surface area contributed by atoms with Crippen LogP contribution in [-0.4, -0.2) is 42.9 Å². The number of amides is 1. The van der Waals surface area contributed by atoms with Gasteiger partial charge in [0.1, 0.15) is 11.4 Å². The van der Waals surface area contributed by atoms with Crippen molar-refractivity contribution in [1.82, 2.24) is 0 Å². The summed E-state index contributed by atoms with van der Waals surface area (Å²) in [5.74, 6) is -0.785. The van der Waals surface area contributed by atoms with Crippen LogP contribution in [0.5, 0.6) is 5.75 Å². The van der Waals surface area contributed by atoms with Gasteiger partial charge in [-0.1, -0.05) is 18.2 Å². The van der Waals surface area contributed by atoms with Crippen LogP contribution in [0, 0.1) is 0 Å². The lowest BCUT2D eigenvalue weighted by Crippen LogP contribution is -2.27. The summed E-state index contributed by atoms with van der Waals surface area (Å²) in [5, 5.41) is 2.78. The van der Waals surface area contributed by atoms with Crippen molar-refractivity contribution in [3.05, 3.63) is 54.1 Å². The number of hydrogen-bond acceptors (Lipinski definition) is 7. The van der Waals surface area contributed by atoms with E-state index in [-0.39, 0.29) is 17.2 Å². The fourth-order valence-corrected chi connectivity index (χ4v) is 3.22. The van der Waals surface area contributed by atoms with Gasteiger partial charge in [0, 0.05) is 16.6 Å². The first kappa shape index (κ1) is 23.3. The third-order valence-electron chi connectivity index (χ3n) is 3.56. The molecule has 0 heterocycles. The fourth-order valence-electron chi connectivity index (χ4n) is 2.38. The first-order valence-corrected chi connectivity index (χ1v) is 10.2. The standard InChI is InChI=1S/C22H25NO6S/c1-22(2,3)29-20(25)13-28-21(26)17-10-5-6-11-18(17)30-14-19(24)23-15-8-7-9-16(12-15)27-4/h5-12H,13-14H2,1-4H3,(H,23,24). The molecule has 0 aliphatic heterocycles. The average Bonchev–Trinajstić information content (AvgIpc) is 2.69. The Hall–Kier alpha value is -3.00. The van der Waals surface area contributed by atoms with Crippen LogP contribution in [0.1, 0.15) is 31.1 Å². The largest absolute Gasteiger partial charge is 0.497 e. The molecule has 0 fully saturated rings. The number of anilines is 1. The highest BCUT2D eigenvalue weighted by molar-refractivity contribution is 8.00. The molecule has 0 aliphatic rings. The molecule has 2 aromatic rings. The topological polar surface area (TPSA) is 90.9 Å². The van der Waals surface area contributed by atoms with E-state index >= 15 is 0 Å². The van der Waals surface area contributed by atoms with Crippen molar-refractivity contribution in [2.24, 2.45) is 0 Å². The van der Waals surface area contributed by atoms with Crippen molar-refractivity contribution in [2.45, 2.75) is 31.3 Å². The molecule has 30 heavy (non-hydrogen) atoms. The molecule has 0 unspecified atom stereocenters. The molecule has 0 atom stereocenters. The molecule has 0 saturated heterocycles. The van der Waals surface area contributed by atoms with Crippen LogP contribution in [0.3, 0.4) is 0 Å². The van der Waals surface area contributed by atoms with E-state index < -0.39 is 24.1 Å². The molecule has 1 amide bonds. The first-order chi connectivity index (χ1) is 14.2. The van der Waals surface area contributed by atoms with Gasteiger partial charge in [-0.15, -0.1) is 11.8 Å². The number of carbonyl (C=O) groups is 3. The van der Waals surface area contributed by atoms with Crippen LogP contribution in [0.4, 0.5) is 5.69 Å². The highest BCUT2D eigenvalue weighted by Gasteiger charge is 2.19. The van der Waals surface area contributed by atoms with Gasteiger partial charge in [-0.2, -0.15) is 0 Å². The summed E-state index contributed by atoms with van der Waals surface area (Å²) in [6, 6.07) is 13.8. The number of hydrogen-bond donors (Lipinski definition) is 1. The fraction of sp³-hybridized carbons (Fsp3) is 0.318. The number of ether oxygens (including phenoxy) is 3. The molecule has 160 valence electrons. The van der Waals surface area contributed by atoms with Gasteiger partial charge in [0.15, 0.2) is 6.61 Å². The maximum Gasteiger partial charge on any atom is 0.344 e. The van der Waals surface area contributed by atoms with Crippen LogP contribution in [0.25, 0.3) is 0 Å². The number of methoxy groups -OCH3 is 1.